The molecule has 0 bridgehead atoms. The number of aromatic nitrogens is 1. The van der Waals surface area contributed by atoms with Gasteiger partial charge < -0.3 is 14.4 Å². The van der Waals surface area contributed by atoms with Crippen molar-refractivity contribution in [1.82, 2.24) is 4.57 Å². The number of carbonyl (C=O) groups excluding carboxylic acids is 2. The first-order valence-electron chi connectivity index (χ1n) is 12.5. The predicted octanol–water partition coefficient (Wildman–Crippen LogP) is 6.21. The van der Waals surface area contributed by atoms with Crippen molar-refractivity contribution in [1.29, 1.82) is 0 Å². The molecule has 1 fully saturated rings. The molecule has 3 aromatic carbocycles. The summed E-state index contributed by atoms with van der Waals surface area (Å²) in [7, 11) is 1.93. The van der Waals surface area contributed by atoms with Crippen molar-refractivity contribution in [2.75, 3.05) is 11.5 Å². The minimum absolute atomic E-state index is 0.0622. The lowest BCUT2D eigenvalue weighted by molar-refractivity contribution is -0.132. The van der Waals surface area contributed by atoms with Crippen molar-refractivity contribution >= 4 is 34.0 Å². The van der Waals surface area contributed by atoms with Crippen LogP contribution in [0.3, 0.4) is 0 Å². The third-order valence-corrected chi connectivity index (χ3v) is 7.02. The number of anilines is 1. The maximum absolute atomic E-state index is 13.6. The van der Waals surface area contributed by atoms with E-state index in [0.717, 1.165) is 34.0 Å². The Morgan fingerprint density at radius 2 is 1.76 bits per heavy atom. The zero-order chi connectivity index (χ0) is 26.3. The summed E-state index contributed by atoms with van der Waals surface area (Å²) >= 11 is 0. The van der Waals surface area contributed by atoms with E-state index in [0.29, 0.717) is 23.6 Å². The Kier molecular flexibility index (Phi) is 6.34. The van der Waals surface area contributed by atoms with Crippen LogP contribution in [-0.4, -0.2) is 28.0 Å². The summed E-state index contributed by atoms with van der Waals surface area (Å²) in [6, 6.07) is 19.8. The molecule has 2 heterocycles. The number of ketones is 1. The molecule has 6 heteroatoms. The number of hydrogen-bond donors (Lipinski definition) is 1. The van der Waals surface area contributed by atoms with Crippen molar-refractivity contribution in [2.45, 2.75) is 33.2 Å². The monoisotopic (exact) mass is 494 g/mol. The predicted molar refractivity (Wildman–Crippen MR) is 146 cm³/mol. The topological polar surface area (TPSA) is 71.8 Å². The van der Waals surface area contributed by atoms with E-state index in [2.05, 4.69) is 0 Å². The summed E-state index contributed by atoms with van der Waals surface area (Å²) in [5.41, 5.74) is 4.95. The molecule has 4 aromatic rings. The normalized spacial score (nSPS) is 17.1. The molecule has 0 radical (unpaired) electrons. The molecule has 1 aliphatic heterocycles. The van der Waals surface area contributed by atoms with Gasteiger partial charge in [0, 0.05) is 41.0 Å². The average molecular weight is 495 g/mol. The van der Waals surface area contributed by atoms with E-state index in [9.17, 15) is 14.7 Å². The molecule has 1 unspecified atom stereocenters. The lowest BCUT2D eigenvalue weighted by Crippen LogP contribution is -2.29. The van der Waals surface area contributed by atoms with Crippen LogP contribution in [0.15, 0.2) is 78.5 Å². The van der Waals surface area contributed by atoms with Crippen LogP contribution in [0.4, 0.5) is 5.69 Å². The van der Waals surface area contributed by atoms with Gasteiger partial charge in [0.15, 0.2) is 0 Å². The van der Waals surface area contributed by atoms with E-state index in [4.69, 9.17) is 4.74 Å². The zero-order valence-electron chi connectivity index (χ0n) is 21.5. The lowest BCUT2D eigenvalue weighted by Gasteiger charge is -2.25. The molecule has 1 aromatic heterocycles. The number of carbonyl (C=O) groups is 2. The Morgan fingerprint density at radius 3 is 2.51 bits per heavy atom. The smallest absolute Gasteiger partial charge is 0.300 e. The van der Waals surface area contributed by atoms with Crippen LogP contribution in [0.25, 0.3) is 16.7 Å². The van der Waals surface area contributed by atoms with Crippen LogP contribution in [-0.2, 0) is 16.6 Å². The number of aryl methyl sites for hydroxylation is 3. The summed E-state index contributed by atoms with van der Waals surface area (Å²) in [4.78, 5) is 28.7. The van der Waals surface area contributed by atoms with Gasteiger partial charge in [0.25, 0.3) is 11.7 Å². The molecule has 5 rings (SSSR count). The average Bonchev–Trinajstić information content (AvgIpc) is 3.37. The van der Waals surface area contributed by atoms with Gasteiger partial charge in [-0.15, -0.1) is 0 Å². The van der Waals surface area contributed by atoms with E-state index < -0.39 is 17.7 Å². The Balaban J connectivity index is 1.75. The van der Waals surface area contributed by atoms with Crippen LogP contribution in [0, 0.1) is 13.8 Å². The van der Waals surface area contributed by atoms with Crippen LogP contribution in [0.5, 0.6) is 5.75 Å². The number of rotatable bonds is 6. The summed E-state index contributed by atoms with van der Waals surface area (Å²) in [6.45, 7) is 6.53. The van der Waals surface area contributed by atoms with Crippen molar-refractivity contribution in [3.8, 4) is 5.75 Å². The Morgan fingerprint density at radius 1 is 0.973 bits per heavy atom. The molecule has 188 valence electrons. The fourth-order valence-corrected chi connectivity index (χ4v) is 4.97. The van der Waals surface area contributed by atoms with Crippen molar-refractivity contribution in [3.05, 3.63) is 101 Å². The maximum atomic E-state index is 13.6. The fourth-order valence-electron chi connectivity index (χ4n) is 4.97. The number of para-hydroxylation sites is 1. The molecule has 0 saturated carbocycles. The number of fused-ring (bicyclic) bond motifs is 1. The second kappa shape index (κ2) is 9.62. The lowest BCUT2D eigenvalue weighted by atomic mass is 9.94. The molecular weight excluding hydrogens is 464 g/mol. The summed E-state index contributed by atoms with van der Waals surface area (Å²) in [6.07, 6.45) is 2.78. The number of aliphatic hydroxyl groups is 1. The summed E-state index contributed by atoms with van der Waals surface area (Å²) in [5, 5.41) is 12.5. The van der Waals surface area contributed by atoms with Crippen molar-refractivity contribution in [2.24, 2.45) is 7.05 Å². The second-order valence-electron chi connectivity index (χ2n) is 9.53. The van der Waals surface area contributed by atoms with E-state index in [1.807, 2.05) is 87.1 Å². The highest BCUT2D eigenvalue weighted by Crippen LogP contribution is 2.45. The van der Waals surface area contributed by atoms with Gasteiger partial charge in [-0.25, -0.2) is 0 Å². The van der Waals surface area contributed by atoms with Crippen LogP contribution in [0.2, 0.25) is 0 Å². The van der Waals surface area contributed by atoms with Gasteiger partial charge in [-0.2, -0.15) is 0 Å². The number of Topliss-reactive ketones (excluding diaryl/α,β-unsaturated/α-hetero) is 1. The molecule has 1 amide bonds. The molecule has 37 heavy (non-hydrogen) atoms. The first kappa shape index (κ1) is 24.4. The number of ether oxygens (including phenoxy) is 1. The van der Waals surface area contributed by atoms with E-state index in [-0.39, 0.29) is 11.3 Å². The standard InChI is InChI=1S/C31H30N2O4/c1-5-15-37-23-10-8-9-21(17-23)29(34)27-28(25-18-32(4)26-12-7-6-11-24(25)26)33(31(36)30(27)35)22-14-13-19(2)20(3)16-22/h6-14,16-18,28,34H,5,15H2,1-4H3/b29-27+. The Bertz CT molecular complexity index is 1560. The highest BCUT2D eigenvalue weighted by atomic mass is 16.5. The van der Waals surface area contributed by atoms with E-state index in [1.165, 1.54) is 4.90 Å². The molecule has 0 aliphatic carbocycles. The van der Waals surface area contributed by atoms with Gasteiger partial charge in [-0.3, -0.25) is 14.5 Å². The zero-order valence-corrected chi connectivity index (χ0v) is 21.5. The molecular formula is C31H30N2O4. The highest BCUT2D eigenvalue weighted by molar-refractivity contribution is 6.52. The highest BCUT2D eigenvalue weighted by Gasteiger charge is 2.48. The van der Waals surface area contributed by atoms with Gasteiger partial charge in [0.1, 0.15) is 11.5 Å². The number of amides is 1. The van der Waals surface area contributed by atoms with Gasteiger partial charge in [0.2, 0.25) is 0 Å². The number of aliphatic hydroxyl groups excluding tert-OH is 1. The minimum Gasteiger partial charge on any atom is -0.507 e. The maximum Gasteiger partial charge on any atom is 0.300 e. The quantitative estimate of drug-likeness (QED) is 0.197. The van der Waals surface area contributed by atoms with Crippen molar-refractivity contribution < 1.29 is 19.4 Å². The van der Waals surface area contributed by atoms with Gasteiger partial charge in [-0.05, 0) is 61.7 Å². The number of nitrogens with zero attached hydrogens (tertiary/aromatic N) is 2. The Hall–Kier alpha value is -4.32. The third-order valence-electron chi connectivity index (χ3n) is 7.02. The summed E-state index contributed by atoms with van der Waals surface area (Å²) in [5.74, 6) is -1.00. The van der Waals surface area contributed by atoms with Crippen LogP contribution >= 0.6 is 0 Å². The number of benzene rings is 3. The molecule has 6 nitrogen and oxygen atoms in total. The number of hydrogen-bond acceptors (Lipinski definition) is 4. The minimum atomic E-state index is -0.798. The molecule has 1 aliphatic rings. The van der Waals surface area contributed by atoms with E-state index in [1.54, 1.807) is 18.2 Å². The molecule has 1 atom stereocenters. The van der Waals surface area contributed by atoms with Crippen molar-refractivity contribution in [3.63, 3.8) is 0 Å². The molecule has 1 saturated heterocycles. The second-order valence-corrected chi connectivity index (χ2v) is 9.53. The third kappa shape index (κ3) is 4.18. The SMILES string of the molecule is CCCOc1cccc(/C(O)=C2\C(=O)C(=O)N(c3ccc(C)c(C)c3)C2c2cn(C)c3ccccc23)c1. The van der Waals surface area contributed by atoms with E-state index >= 15 is 0 Å². The van der Waals surface area contributed by atoms with Crippen LogP contribution < -0.4 is 9.64 Å². The van der Waals surface area contributed by atoms with Gasteiger partial charge in [-0.1, -0.05) is 43.3 Å². The first-order chi connectivity index (χ1) is 17.8. The molecule has 0 spiro atoms. The Labute approximate surface area is 216 Å². The fraction of sp³-hybridized carbons (Fsp3) is 0.226. The largest absolute Gasteiger partial charge is 0.507 e. The summed E-state index contributed by atoms with van der Waals surface area (Å²) < 4.78 is 7.72. The first-order valence-corrected chi connectivity index (χ1v) is 12.5. The van der Waals surface area contributed by atoms with Gasteiger partial charge >= 0.3 is 0 Å². The van der Waals surface area contributed by atoms with Crippen LogP contribution in [0.1, 0.15) is 41.6 Å². The molecule has 1 N–H and O–H groups in total. The van der Waals surface area contributed by atoms with Gasteiger partial charge in [0.05, 0.1) is 18.2 Å².